The minimum Gasteiger partial charge on any atom is -0.376 e. The Kier molecular flexibility index (Phi) is 3.96. The van der Waals surface area contributed by atoms with Crippen molar-refractivity contribution in [2.24, 2.45) is 11.7 Å². The largest absolute Gasteiger partial charge is 0.376 e. The van der Waals surface area contributed by atoms with Crippen LogP contribution in [-0.2, 0) is 20.8 Å². The van der Waals surface area contributed by atoms with Crippen molar-refractivity contribution in [1.29, 1.82) is 5.26 Å². The number of nitrogens with two attached hydrogens (primary N) is 1. The molecule has 0 spiro atoms. The lowest BCUT2D eigenvalue weighted by molar-refractivity contribution is -0.163. The molecule has 0 amide bonds. The van der Waals surface area contributed by atoms with Gasteiger partial charge in [0.1, 0.15) is 11.6 Å². The summed E-state index contributed by atoms with van der Waals surface area (Å²) >= 11 is 0. The number of fused-ring (bicyclic) bond motifs is 1. The van der Waals surface area contributed by atoms with Gasteiger partial charge in [-0.3, -0.25) is 0 Å². The summed E-state index contributed by atoms with van der Waals surface area (Å²) in [5.74, 6) is -0.630. The predicted molar refractivity (Wildman–Crippen MR) is 80.6 cm³/mol. The molecule has 1 saturated carbocycles. The number of hydrogen-bond acceptors (Lipinski definition) is 5. The molecule has 5 nitrogen and oxygen atoms in total. The van der Waals surface area contributed by atoms with Crippen molar-refractivity contribution in [1.82, 2.24) is 0 Å². The molecule has 118 valence electrons. The summed E-state index contributed by atoms with van der Waals surface area (Å²) in [6, 6.07) is 12.2. The van der Waals surface area contributed by atoms with E-state index in [2.05, 4.69) is 6.07 Å². The fourth-order valence-corrected chi connectivity index (χ4v) is 3.36. The molecule has 0 aromatic heterocycles. The number of nitriles is 1. The van der Waals surface area contributed by atoms with Crippen molar-refractivity contribution in [2.75, 3.05) is 6.61 Å². The minimum absolute atomic E-state index is 0.0696. The summed E-state index contributed by atoms with van der Waals surface area (Å²) in [6.45, 7) is 4.76. The molecule has 1 heterocycles. The van der Waals surface area contributed by atoms with Crippen LogP contribution in [0.2, 0.25) is 0 Å². The first-order valence-electron chi connectivity index (χ1n) is 7.61. The SMILES string of the molecule is CC1(C)OC2C(O1)[C@@](N)(C#N)C[C@@H]2COCc1ccccc1. The standard InChI is InChI=1S/C17H22N2O3/c1-16(2)21-14-13(8-17(19,11-18)15(14)22-16)10-20-9-12-6-4-3-5-7-12/h3-7,13-15H,8-10,19H2,1-2H3/t13-,14?,15?,17+/m1/s1. The van der Waals surface area contributed by atoms with E-state index in [0.717, 1.165) is 5.56 Å². The molecule has 22 heavy (non-hydrogen) atoms. The molecule has 2 N–H and O–H groups in total. The lowest BCUT2D eigenvalue weighted by Gasteiger charge is -2.25. The van der Waals surface area contributed by atoms with E-state index in [-0.39, 0.29) is 12.0 Å². The van der Waals surface area contributed by atoms with E-state index in [1.54, 1.807) is 0 Å². The highest BCUT2D eigenvalue weighted by Gasteiger charge is 2.60. The monoisotopic (exact) mass is 302 g/mol. The van der Waals surface area contributed by atoms with E-state index < -0.39 is 17.4 Å². The molecule has 4 atom stereocenters. The minimum atomic E-state index is -1.00. The number of rotatable bonds is 4. The van der Waals surface area contributed by atoms with Crippen molar-refractivity contribution < 1.29 is 14.2 Å². The van der Waals surface area contributed by atoms with Gasteiger partial charge in [-0.1, -0.05) is 30.3 Å². The smallest absolute Gasteiger partial charge is 0.163 e. The first-order chi connectivity index (χ1) is 10.4. The number of benzene rings is 1. The molecule has 1 aromatic carbocycles. The second-order valence-electron chi connectivity index (χ2n) is 6.64. The van der Waals surface area contributed by atoms with E-state index in [1.807, 2.05) is 44.2 Å². The van der Waals surface area contributed by atoms with Crippen molar-refractivity contribution >= 4 is 0 Å². The Morgan fingerprint density at radius 1 is 1.32 bits per heavy atom. The maximum Gasteiger partial charge on any atom is 0.163 e. The maximum absolute atomic E-state index is 9.41. The predicted octanol–water partition coefficient (Wildman–Crippen LogP) is 1.96. The van der Waals surface area contributed by atoms with Crippen LogP contribution in [-0.4, -0.2) is 30.1 Å². The average Bonchev–Trinajstić information content (AvgIpc) is 2.94. The Morgan fingerprint density at radius 2 is 2.05 bits per heavy atom. The maximum atomic E-state index is 9.41. The van der Waals surface area contributed by atoms with Crippen LogP contribution in [0.15, 0.2) is 30.3 Å². The third-order valence-electron chi connectivity index (χ3n) is 4.35. The van der Waals surface area contributed by atoms with Gasteiger partial charge < -0.3 is 19.9 Å². The molecule has 1 aliphatic heterocycles. The quantitative estimate of drug-likeness (QED) is 0.920. The Balaban J connectivity index is 1.63. The third kappa shape index (κ3) is 2.88. The van der Waals surface area contributed by atoms with E-state index in [1.165, 1.54) is 0 Å². The molecule has 2 fully saturated rings. The molecule has 5 heteroatoms. The first-order valence-corrected chi connectivity index (χ1v) is 7.61. The molecule has 0 radical (unpaired) electrons. The number of hydrogen-bond donors (Lipinski definition) is 1. The van der Waals surface area contributed by atoms with Gasteiger partial charge in [0, 0.05) is 5.92 Å². The van der Waals surface area contributed by atoms with E-state index >= 15 is 0 Å². The van der Waals surface area contributed by atoms with E-state index in [0.29, 0.717) is 19.6 Å². The fourth-order valence-electron chi connectivity index (χ4n) is 3.36. The lowest BCUT2D eigenvalue weighted by atomic mass is 9.97. The van der Waals surface area contributed by atoms with Gasteiger partial charge in [0.25, 0.3) is 0 Å². The Bertz CT molecular complexity index is 569. The van der Waals surface area contributed by atoms with Gasteiger partial charge in [-0.2, -0.15) is 5.26 Å². The summed E-state index contributed by atoms with van der Waals surface area (Å²) in [5, 5.41) is 9.41. The number of nitrogens with zero attached hydrogens (tertiary/aromatic N) is 1. The highest BCUT2D eigenvalue weighted by Crippen LogP contribution is 2.45. The second-order valence-corrected chi connectivity index (χ2v) is 6.64. The van der Waals surface area contributed by atoms with Gasteiger partial charge in [0.15, 0.2) is 5.79 Å². The first kappa shape index (κ1) is 15.4. The van der Waals surface area contributed by atoms with Gasteiger partial charge in [-0.05, 0) is 25.8 Å². The molecule has 0 bridgehead atoms. The van der Waals surface area contributed by atoms with Crippen molar-refractivity contribution in [3.63, 3.8) is 0 Å². The summed E-state index contributed by atoms with van der Waals surface area (Å²) in [5.41, 5.74) is 6.34. The van der Waals surface area contributed by atoms with Gasteiger partial charge in [-0.15, -0.1) is 0 Å². The topological polar surface area (TPSA) is 77.5 Å². The lowest BCUT2D eigenvalue weighted by Crippen LogP contribution is -2.48. The van der Waals surface area contributed by atoms with Gasteiger partial charge in [0.2, 0.25) is 0 Å². The molecule has 1 saturated heterocycles. The summed E-state index contributed by atoms with van der Waals surface area (Å²) in [4.78, 5) is 0. The van der Waals surface area contributed by atoms with Gasteiger partial charge in [-0.25, -0.2) is 0 Å². The van der Waals surface area contributed by atoms with Gasteiger partial charge >= 0.3 is 0 Å². The molecule has 1 aromatic rings. The number of ether oxygens (including phenoxy) is 3. The van der Waals surface area contributed by atoms with Crippen LogP contribution in [0.3, 0.4) is 0 Å². The molecule has 2 unspecified atom stereocenters. The van der Waals surface area contributed by atoms with E-state index in [9.17, 15) is 5.26 Å². The van der Waals surface area contributed by atoms with Crippen LogP contribution in [0.25, 0.3) is 0 Å². The summed E-state index contributed by atoms with van der Waals surface area (Å²) < 4.78 is 17.6. The Labute approximate surface area is 131 Å². The zero-order chi connectivity index (χ0) is 15.8. The average molecular weight is 302 g/mol. The highest BCUT2D eigenvalue weighted by molar-refractivity contribution is 5.21. The van der Waals surface area contributed by atoms with Crippen LogP contribution in [0.4, 0.5) is 0 Å². The van der Waals surface area contributed by atoms with Crippen LogP contribution < -0.4 is 5.73 Å². The summed E-state index contributed by atoms with van der Waals surface area (Å²) in [7, 11) is 0. The normalized spacial score (nSPS) is 36.0. The molecular weight excluding hydrogens is 280 g/mol. The third-order valence-corrected chi connectivity index (χ3v) is 4.35. The molecular formula is C17H22N2O3. The fraction of sp³-hybridized carbons (Fsp3) is 0.588. The van der Waals surface area contributed by atoms with E-state index in [4.69, 9.17) is 19.9 Å². The van der Waals surface area contributed by atoms with Crippen molar-refractivity contribution in [3.8, 4) is 6.07 Å². The second kappa shape index (κ2) is 5.64. The summed E-state index contributed by atoms with van der Waals surface area (Å²) in [6.07, 6.45) is -0.0442. The zero-order valence-corrected chi connectivity index (χ0v) is 13.0. The van der Waals surface area contributed by atoms with Crippen molar-refractivity contribution in [3.05, 3.63) is 35.9 Å². The Morgan fingerprint density at radius 3 is 2.73 bits per heavy atom. The Hall–Kier alpha value is -1.45. The van der Waals surface area contributed by atoms with Crippen LogP contribution in [0.1, 0.15) is 25.8 Å². The molecule has 1 aliphatic carbocycles. The highest BCUT2D eigenvalue weighted by atomic mass is 16.8. The van der Waals surface area contributed by atoms with Crippen LogP contribution in [0, 0.1) is 17.2 Å². The van der Waals surface area contributed by atoms with Crippen LogP contribution in [0.5, 0.6) is 0 Å². The van der Waals surface area contributed by atoms with Crippen LogP contribution >= 0.6 is 0 Å². The molecule has 2 aliphatic rings. The van der Waals surface area contributed by atoms with Gasteiger partial charge in [0.05, 0.1) is 25.4 Å². The molecule has 3 rings (SSSR count). The van der Waals surface area contributed by atoms with Crippen molar-refractivity contribution in [2.45, 2.75) is 50.4 Å². The zero-order valence-electron chi connectivity index (χ0n) is 13.0.